The van der Waals surface area contributed by atoms with E-state index in [9.17, 15) is 0 Å². The first-order chi connectivity index (χ1) is 9.76. The zero-order valence-electron chi connectivity index (χ0n) is 12.6. The third-order valence-electron chi connectivity index (χ3n) is 4.90. The third kappa shape index (κ3) is 2.99. The number of nitrogens with zero attached hydrogens (tertiary/aromatic N) is 1. The Balaban J connectivity index is 1.59. The Kier molecular flexibility index (Phi) is 4.27. The van der Waals surface area contributed by atoms with Gasteiger partial charge in [0.15, 0.2) is 0 Å². The van der Waals surface area contributed by atoms with E-state index in [1.54, 1.807) is 7.11 Å². The van der Waals surface area contributed by atoms with E-state index in [0.29, 0.717) is 12.1 Å². The summed E-state index contributed by atoms with van der Waals surface area (Å²) in [4.78, 5) is 2.67. The van der Waals surface area contributed by atoms with Crippen LogP contribution in [0.4, 0.5) is 0 Å². The van der Waals surface area contributed by atoms with Gasteiger partial charge in [-0.05, 0) is 63.4 Å². The highest BCUT2D eigenvalue weighted by Gasteiger charge is 2.31. The predicted octanol–water partition coefficient (Wildman–Crippen LogP) is 2.97. The number of fused-ring (bicyclic) bond motifs is 1. The molecule has 0 aliphatic carbocycles. The van der Waals surface area contributed by atoms with E-state index >= 15 is 0 Å². The molecule has 0 spiro atoms. The van der Waals surface area contributed by atoms with E-state index in [-0.39, 0.29) is 0 Å². The molecule has 1 N–H and O–H groups in total. The zero-order chi connectivity index (χ0) is 13.9. The van der Waals surface area contributed by atoms with Crippen molar-refractivity contribution >= 4 is 0 Å². The Morgan fingerprint density at radius 2 is 2.20 bits per heavy atom. The van der Waals surface area contributed by atoms with Crippen molar-refractivity contribution in [3.8, 4) is 5.75 Å². The fourth-order valence-corrected chi connectivity index (χ4v) is 3.74. The van der Waals surface area contributed by atoms with Crippen LogP contribution in [0.15, 0.2) is 24.3 Å². The summed E-state index contributed by atoms with van der Waals surface area (Å²) in [7, 11) is 1.73. The second-order valence-corrected chi connectivity index (χ2v) is 6.22. The van der Waals surface area contributed by atoms with Crippen molar-refractivity contribution in [2.75, 3.05) is 20.2 Å². The van der Waals surface area contributed by atoms with Gasteiger partial charge in [-0.15, -0.1) is 0 Å². The highest BCUT2D eigenvalue weighted by Crippen LogP contribution is 2.28. The van der Waals surface area contributed by atoms with Gasteiger partial charge in [0.1, 0.15) is 5.75 Å². The van der Waals surface area contributed by atoms with Gasteiger partial charge < -0.3 is 15.0 Å². The lowest BCUT2D eigenvalue weighted by atomic mass is 9.96. The van der Waals surface area contributed by atoms with Gasteiger partial charge in [0.2, 0.25) is 0 Å². The molecule has 1 aromatic rings. The van der Waals surface area contributed by atoms with E-state index in [2.05, 4.69) is 35.3 Å². The number of nitrogens with one attached hydrogen (secondary N) is 1. The lowest BCUT2D eigenvalue weighted by Crippen LogP contribution is -2.46. The molecule has 2 saturated heterocycles. The Bertz CT molecular complexity index is 448. The van der Waals surface area contributed by atoms with E-state index < -0.39 is 0 Å². The van der Waals surface area contributed by atoms with Gasteiger partial charge in [0, 0.05) is 18.1 Å². The van der Waals surface area contributed by atoms with Crippen LogP contribution >= 0.6 is 0 Å². The fraction of sp³-hybridized carbons (Fsp3) is 0.647. The highest BCUT2D eigenvalue weighted by atomic mass is 16.5. The van der Waals surface area contributed by atoms with Crippen LogP contribution < -0.4 is 10.1 Å². The van der Waals surface area contributed by atoms with E-state index in [1.165, 1.54) is 44.3 Å². The number of methoxy groups -OCH3 is 1. The van der Waals surface area contributed by atoms with Crippen LogP contribution in [0.25, 0.3) is 0 Å². The molecule has 2 fully saturated rings. The van der Waals surface area contributed by atoms with E-state index in [1.807, 2.05) is 6.07 Å². The molecule has 3 rings (SSSR count). The molecule has 0 radical (unpaired) electrons. The van der Waals surface area contributed by atoms with E-state index in [4.69, 9.17) is 4.74 Å². The third-order valence-corrected chi connectivity index (χ3v) is 4.90. The molecular weight excluding hydrogens is 248 g/mol. The van der Waals surface area contributed by atoms with Gasteiger partial charge in [0.05, 0.1) is 7.11 Å². The monoisotopic (exact) mass is 274 g/mol. The smallest absolute Gasteiger partial charge is 0.119 e. The molecule has 3 nitrogen and oxygen atoms in total. The maximum atomic E-state index is 5.32. The number of rotatable bonds is 4. The summed E-state index contributed by atoms with van der Waals surface area (Å²) in [6.45, 7) is 4.85. The second kappa shape index (κ2) is 6.15. The second-order valence-electron chi connectivity index (χ2n) is 6.22. The summed E-state index contributed by atoms with van der Waals surface area (Å²) in [5, 5.41) is 3.82. The van der Waals surface area contributed by atoms with E-state index in [0.717, 1.165) is 11.8 Å². The SMILES string of the molecule is COc1cccc([C@@H](C)NC2CCN3CCCC3C2)c1. The van der Waals surface area contributed by atoms with Crippen molar-refractivity contribution < 1.29 is 4.74 Å². The van der Waals surface area contributed by atoms with Crippen LogP contribution in [0.3, 0.4) is 0 Å². The van der Waals surface area contributed by atoms with Gasteiger partial charge in [-0.2, -0.15) is 0 Å². The molecule has 3 heteroatoms. The maximum absolute atomic E-state index is 5.32. The topological polar surface area (TPSA) is 24.5 Å². The Morgan fingerprint density at radius 3 is 3.05 bits per heavy atom. The van der Waals surface area contributed by atoms with Crippen LogP contribution in [0.5, 0.6) is 5.75 Å². The zero-order valence-corrected chi connectivity index (χ0v) is 12.6. The average Bonchev–Trinajstić information content (AvgIpc) is 2.95. The average molecular weight is 274 g/mol. The molecule has 2 aliphatic heterocycles. The van der Waals surface area contributed by atoms with Crippen LogP contribution in [0.1, 0.15) is 44.2 Å². The Labute approximate surface area is 122 Å². The molecule has 2 unspecified atom stereocenters. The summed E-state index contributed by atoms with van der Waals surface area (Å²) < 4.78 is 5.32. The molecule has 2 heterocycles. The van der Waals surface area contributed by atoms with Crippen molar-refractivity contribution in [1.29, 1.82) is 0 Å². The summed E-state index contributed by atoms with van der Waals surface area (Å²) in [6.07, 6.45) is 5.38. The molecule has 20 heavy (non-hydrogen) atoms. The minimum Gasteiger partial charge on any atom is -0.497 e. The molecule has 0 amide bonds. The van der Waals surface area contributed by atoms with Crippen LogP contribution in [0.2, 0.25) is 0 Å². The number of benzene rings is 1. The minimum absolute atomic E-state index is 0.392. The summed E-state index contributed by atoms with van der Waals surface area (Å²) >= 11 is 0. The molecule has 1 aromatic carbocycles. The number of hydrogen-bond donors (Lipinski definition) is 1. The quantitative estimate of drug-likeness (QED) is 0.913. The number of ether oxygens (including phenoxy) is 1. The van der Waals surface area contributed by atoms with Gasteiger partial charge >= 0.3 is 0 Å². The molecule has 0 bridgehead atoms. The largest absolute Gasteiger partial charge is 0.497 e. The summed E-state index contributed by atoms with van der Waals surface area (Å²) in [5.74, 6) is 0.946. The molecule has 110 valence electrons. The van der Waals surface area contributed by atoms with Gasteiger partial charge in [-0.3, -0.25) is 0 Å². The van der Waals surface area contributed by atoms with Crippen LogP contribution in [0, 0.1) is 0 Å². The fourth-order valence-electron chi connectivity index (χ4n) is 3.74. The molecular formula is C17H26N2O. The first-order valence-electron chi connectivity index (χ1n) is 7.90. The van der Waals surface area contributed by atoms with Crippen molar-refractivity contribution in [2.45, 2.75) is 50.7 Å². The van der Waals surface area contributed by atoms with Crippen LogP contribution in [-0.2, 0) is 0 Å². The first kappa shape index (κ1) is 13.9. The van der Waals surface area contributed by atoms with Crippen molar-refractivity contribution in [2.24, 2.45) is 0 Å². The Hall–Kier alpha value is -1.06. The predicted molar refractivity (Wildman–Crippen MR) is 82.2 cm³/mol. The summed E-state index contributed by atoms with van der Waals surface area (Å²) in [6, 6.07) is 10.3. The lowest BCUT2D eigenvalue weighted by Gasteiger charge is -2.36. The van der Waals surface area contributed by atoms with Gasteiger partial charge in [-0.25, -0.2) is 0 Å². The highest BCUT2D eigenvalue weighted by molar-refractivity contribution is 5.30. The molecule has 2 aliphatic rings. The van der Waals surface area contributed by atoms with Gasteiger partial charge in [-0.1, -0.05) is 12.1 Å². The molecule has 0 saturated carbocycles. The maximum Gasteiger partial charge on any atom is 0.119 e. The normalized spacial score (nSPS) is 28.1. The standard InChI is InChI=1S/C17H26N2O/c1-13(14-5-3-7-17(11-14)20-2)18-15-8-10-19-9-4-6-16(19)12-15/h3,5,7,11,13,15-16,18H,4,6,8-10,12H2,1-2H3/t13-,15?,16?/m1/s1. The molecule has 3 atom stereocenters. The lowest BCUT2D eigenvalue weighted by molar-refractivity contribution is 0.162. The molecule has 0 aromatic heterocycles. The van der Waals surface area contributed by atoms with Gasteiger partial charge in [0.25, 0.3) is 0 Å². The van der Waals surface area contributed by atoms with Crippen molar-refractivity contribution in [3.63, 3.8) is 0 Å². The summed E-state index contributed by atoms with van der Waals surface area (Å²) in [5.41, 5.74) is 1.32. The number of piperidine rings is 1. The minimum atomic E-state index is 0.392. The number of hydrogen-bond acceptors (Lipinski definition) is 3. The van der Waals surface area contributed by atoms with Crippen molar-refractivity contribution in [3.05, 3.63) is 29.8 Å². The Morgan fingerprint density at radius 1 is 1.30 bits per heavy atom. The first-order valence-corrected chi connectivity index (χ1v) is 7.90. The van der Waals surface area contributed by atoms with Crippen molar-refractivity contribution in [1.82, 2.24) is 10.2 Å². The van der Waals surface area contributed by atoms with Crippen LogP contribution in [-0.4, -0.2) is 37.2 Å².